The van der Waals surface area contributed by atoms with Gasteiger partial charge >= 0.3 is 0 Å². The van der Waals surface area contributed by atoms with Crippen LogP contribution >= 0.6 is 11.8 Å². The number of carbonyl (C=O) groups excluding carboxylic acids is 1. The van der Waals surface area contributed by atoms with Gasteiger partial charge in [-0.3, -0.25) is 10.1 Å². The Morgan fingerprint density at radius 1 is 1.26 bits per heavy atom. The third-order valence-electron chi connectivity index (χ3n) is 2.24. The average Bonchev–Trinajstić information content (AvgIpc) is 2.39. The summed E-state index contributed by atoms with van der Waals surface area (Å²) in [7, 11) is 0. The Balaban J connectivity index is 2.40. The molecule has 0 atom stereocenters. The van der Waals surface area contributed by atoms with Gasteiger partial charge in [0.15, 0.2) is 0 Å². The number of nitrogens with zero attached hydrogens (tertiary/aromatic N) is 2. The van der Waals surface area contributed by atoms with Crippen molar-refractivity contribution in [1.82, 2.24) is 4.98 Å². The maximum absolute atomic E-state index is 10.9. The second-order valence-corrected chi connectivity index (χ2v) is 4.56. The summed E-state index contributed by atoms with van der Waals surface area (Å²) in [6.07, 6.45) is 1.57. The number of hydrogen-bond donors (Lipinski definition) is 0. The first-order chi connectivity index (χ1) is 9.08. The number of aromatic carboxylic acids is 1. The minimum Gasteiger partial charge on any atom is -0.545 e. The van der Waals surface area contributed by atoms with E-state index in [1.54, 1.807) is 24.4 Å². The predicted molar refractivity (Wildman–Crippen MR) is 65.8 cm³/mol. The molecule has 0 amide bonds. The molecule has 2 rings (SSSR count). The van der Waals surface area contributed by atoms with Crippen molar-refractivity contribution < 1.29 is 14.8 Å². The minimum atomic E-state index is -1.45. The highest BCUT2D eigenvalue weighted by molar-refractivity contribution is 7.99. The zero-order valence-corrected chi connectivity index (χ0v) is 10.3. The van der Waals surface area contributed by atoms with Crippen LogP contribution in [0.15, 0.2) is 52.5 Å². The van der Waals surface area contributed by atoms with Crippen LogP contribution < -0.4 is 5.11 Å². The smallest absolute Gasteiger partial charge is 0.283 e. The van der Waals surface area contributed by atoms with Crippen LogP contribution in [0.4, 0.5) is 5.69 Å². The maximum Gasteiger partial charge on any atom is 0.283 e. The van der Waals surface area contributed by atoms with Gasteiger partial charge in [0.1, 0.15) is 5.03 Å². The Labute approximate surface area is 112 Å². The summed E-state index contributed by atoms with van der Waals surface area (Å²) >= 11 is 1.10. The molecule has 1 heterocycles. The topological polar surface area (TPSA) is 96.2 Å². The fourth-order valence-electron chi connectivity index (χ4n) is 1.39. The molecule has 0 radical (unpaired) electrons. The van der Waals surface area contributed by atoms with Crippen molar-refractivity contribution >= 4 is 23.4 Å². The molecule has 0 spiro atoms. The second kappa shape index (κ2) is 5.49. The van der Waals surface area contributed by atoms with E-state index in [1.165, 1.54) is 12.1 Å². The van der Waals surface area contributed by atoms with Crippen molar-refractivity contribution in [2.45, 2.75) is 9.92 Å². The number of carboxylic acids is 1. The van der Waals surface area contributed by atoms with Gasteiger partial charge in [0.2, 0.25) is 0 Å². The van der Waals surface area contributed by atoms with Gasteiger partial charge in [-0.2, -0.15) is 0 Å². The molecule has 0 unspecified atom stereocenters. The third kappa shape index (κ3) is 3.08. The summed E-state index contributed by atoms with van der Waals surface area (Å²) in [5.41, 5.74) is -0.505. The van der Waals surface area contributed by atoms with Gasteiger partial charge in [-0.15, -0.1) is 0 Å². The summed E-state index contributed by atoms with van der Waals surface area (Å²) in [6, 6.07) is 8.84. The molecule has 0 aliphatic carbocycles. The van der Waals surface area contributed by atoms with Crippen molar-refractivity contribution in [2.75, 3.05) is 0 Å². The van der Waals surface area contributed by atoms with Gasteiger partial charge in [-0.1, -0.05) is 23.9 Å². The third-order valence-corrected chi connectivity index (χ3v) is 3.26. The lowest BCUT2D eigenvalue weighted by Crippen LogP contribution is -2.22. The number of pyridine rings is 1. The number of rotatable bonds is 4. The first-order valence-electron chi connectivity index (χ1n) is 5.16. The van der Waals surface area contributed by atoms with Gasteiger partial charge in [0.05, 0.1) is 15.8 Å². The average molecular weight is 275 g/mol. The van der Waals surface area contributed by atoms with Gasteiger partial charge in [0, 0.05) is 17.8 Å². The Hall–Kier alpha value is -2.41. The normalized spacial score (nSPS) is 10.1. The van der Waals surface area contributed by atoms with Crippen molar-refractivity contribution in [2.24, 2.45) is 0 Å². The molecule has 0 saturated heterocycles. The highest BCUT2D eigenvalue weighted by Crippen LogP contribution is 2.34. The zero-order valence-electron chi connectivity index (χ0n) is 9.48. The molecule has 96 valence electrons. The standard InChI is InChI=1S/C12H8N2O4S/c15-12(16)8-4-5-10(9(7-8)14(17)18)19-11-3-1-2-6-13-11/h1-7H,(H,15,16)/p-1. The number of nitro groups is 1. The molecule has 0 N–H and O–H groups in total. The first-order valence-corrected chi connectivity index (χ1v) is 5.98. The molecule has 6 nitrogen and oxygen atoms in total. The van der Waals surface area contributed by atoms with Crippen LogP contribution in [0.1, 0.15) is 10.4 Å². The molecule has 0 aliphatic rings. The molecule has 1 aromatic carbocycles. The Morgan fingerprint density at radius 3 is 2.63 bits per heavy atom. The molecule has 0 aliphatic heterocycles. The van der Waals surface area contributed by atoms with E-state index in [2.05, 4.69) is 4.98 Å². The lowest BCUT2D eigenvalue weighted by atomic mass is 10.2. The quantitative estimate of drug-likeness (QED) is 0.619. The Kier molecular flexibility index (Phi) is 3.76. The molecular weight excluding hydrogens is 268 g/mol. The highest BCUT2D eigenvalue weighted by Gasteiger charge is 2.16. The molecule has 19 heavy (non-hydrogen) atoms. The number of carboxylic acid groups (broad SMARTS) is 1. The van der Waals surface area contributed by atoms with Crippen LogP contribution in [-0.2, 0) is 0 Å². The largest absolute Gasteiger partial charge is 0.545 e. The van der Waals surface area contributed by atoms with Gasteiger partial charge in [0.25, 0.3) is 5.69 Å². The van der Waals surface area contributed by atoms with Crippen molar-refractivity contribution in [3.05, 3.63) is 58.3 Å². The molecule has 7 heteroatoms. The lowest BCUT2D eigenvalue weighted by Gasteiger charge is -2.05. The number of nitro benzene ring substituents is 1. The Morgan fingerprint density at radius 2 is 2.05 bits per heavy atom. The van der Waals surface area contributed by atoms with E-state index in [0.717, 1.165) is 17.8 Å². The van der Waals surface area contributed by atoms with Crippen LogP contribution in [0.25, 0.3) is 0 Å². The fraction of sp³-hybridized carbons (Fsp3) is 0. The number of benzene rings is 1. The van der Waals surface area contributed by atoms with E-state index in [9.17, 15) is 20.0 Å². The fourth-order valence-corrected chi connectivity index (χ4v) is 2.25. The summed E-state index contributed by atoms with van der Waals surface area (Å²) in [4.78, 5) is 25.4. The van der Waals surface area contributed by atoms with E-state index in [4.69, 9.17) is 0 Å². The van der Waals surface area contributed by atoms with Crippen molar-refractivity contribution in [3.8, 4) is 0 Å². The maximum atomic E-state index is 10.9. The van der Waals surface area contributed by atoms with E-state index in [0.29, 0.717) is 9.92 Å². The van der Waals surface area contributed by atoms with Crippen LogP contribution in [0, 0.1) is 10.1 Å². The molecule has 2 aromatic rings. The van der Waals surface area contributed by atoms with Crippen molar-refractivity contribution in [3.63, 3.8) is 0 Å². The number of aromatic nitrogens is 1. The Bertz CT molecular complexity index is 631. The second-order valence-electron chi connectivity index (χ2n) is 3.50. The highest BCUT2D eigenvalue weighted by atomic mass is 32.2. The number of hydrogen-bond acceptors (Lipinski definition) is 6. The van der Waals surface area contributed by atoms with Crippen LogP contribution in [0.2, 0.25) is 0 Å². The summed E-state index contributed by atoms with van der Waals surface area (Å²) in [5, 5.41) is 22.2. The van der Waals surface area contributed by atoms with Crippen LogP contribution in [-0.4, -0.2) is 15.9 Å². The van der Waals surface area contributed by atoms with E-state index in [-0.39, 0.29) is 11.3 Å². The lowest BCUT2D eigenvalue weighted by molar-refractivity contribution is -0.387. The van der Waals surface area contributed by atoms with E-state index >= 15 is 0 Å². The predicted octanol–water partition coefficient (Wildman–Crippen LogP) is 1.50. The molecule has 0 bridgehead atoms. The SMILES string of the molecule is O=C([O-])c1ccc(Sc2ccccn2)c([N+](=O)[O-])c1. The van der Waals surface area contributed by atoms with Gasteiger partial charge in [-0.05, 0) is 18.2 Å². The van der Waals surface area contributed by atoms with Gasteiger partial charge < -0.3 is 9.90 Å². The van der Waals surface area contributed by atoms with Crippen molar-refractivity contribution in [1.29, 1.82) is 0 Å². The summed E-state index contributed by atoms with van der Waals surface area (Å²) in [5.74, 6) is -1.45. The van der Waals surface area contributed by atoms with Crippen LogP contribution in [0.5, 0.6) is 0 Å². The molecule has 0 fully saturated rings. The summed E-state index contributed by atoms with van der Waals surface area (Å²) < 4.78 is 0. The zero-order chi connectivity index (χ0) is 13.8. The monoisotopic (exact) mass is 275 g/mol. The number of carbonyl (C=O) groups is 1. The molecule has 0 saturated carbocycles. The minimum absolute atomic E-state index is 0.225. The van der Waals surface area contributed by atoms with Gasteiger partial charge in [-0.25, -0.2) is 4.98 Å². The van der Waals surface area contributed by atoms with E-state index in [1.807, 2.05) is 0 Å². The molecular formula is C12H7N2O4S-. The molecule has 1 aromatic heterocycles. The summed E-state index contributed by atoms with van der Waals surface area (Å²) in [6.45, 7) is 0. The van der Waals surface area contributed by atoms with E-state index < -0.39 is 10.9 Å². The first kappa shape index (κ1) is 13.0. The van der Waals surface area contributed by atoms with Crippen LogP contribution in [0.3, 0.4) is 0 Å².